The van der Waals surface area contributed by atoms with E-state index in [0.29, 0.717) is 31.3 Å². The molecule has 5 heteroatoms. The number of alkyl halides is 3. The zero-order valence-corrected chi connectivity index (χ0v) is 9.40. The van der Waals surface area contributed by atoms with Crippen LogP contribution in [0.25, 0.3) is 0 Å². The first-order valence-corrected chi connectivity index (χ1v) is 5.32. The monoisotopic (exact) mass is 226 g/mol. The Morgan fingerprint density at radius 2 is 1.87 bits per heavy atom. The Morgan fingerprint density at radius 1 is 1.27 bits per heavy atom. The number of hydrogen-bond donors (Lipinski definition) is 2. The maximum absolute atomic E-state index is 11.8. The molecule has 0 aliphatic heterocycles. The lowest BCUT2D eigenvalue weighted by atomic mass is 9.94. The quantitative estimate of drug-likeness (QED) is 0.653. The van der Waals surface area contributed by atoms with Crippen molar-refractivity contribution in [1.29, 1.82) is 0 Å². The zero-order chi connectivity index (χ0) is 11.9. The first kappa shape index (κ1) is 14.7. The summed E-state index contributed by atoms with van der Waals surface area (Å²) < 4.78 is 35.4. The zero-order valence-electron chi connectivity index (χ0n) is 9.40. The van der Waals surface area contributed by atoms with Gasteiger partial charge in [0.2, 0.25) is 0 Å². The molecule has 2 nitrogen and oxygen atoms in total. The van der Waals surface area contributed by atoms with Crippen LogP contribution in [0, 0.1) is 11.8 Å². The smallest absolute Gasteiger partial charge is 0.330 e. The molecule has 0 bridgehead atoms. The molecule has 0 spiro atoms. The third-order valence-corrected chi connectivity index (χ3v) is 2.19. The summed E-state index contributed by atoms with van der Waals surface area (Å²) in [6, 6.07) is 0. The average molecular weight is 226 g/mol. The van der Waals surface area contributed by atoms with Crippen molar-refractivity contribution in [1.82, 2.24) is 5.32 Å². The van der Waals surface area contributed by atoms with Crippen LogP contribution in [0.2, 0.25) is 0 Å². The maximum atomic E-state index is 11.8. The predicted molar refractivity (Wildman–Crippen MR) is 55.5 cm³/mol. The molecule has 0 heterocycles. The highest BCUT2D eigenvalue weighted by Gasteiger charge is 2.26. The summed E-state index contributed by atoms with van der Waals surface area (Å²) in [6.07, 6.45) is -2.43. The maximum Gasteiger partial charge on any atom is 0.401 e. The summed E-state index contributed by atoms with van der Waals surface area (Å²) in [5.41, 5.74) is 5.54. The van der Waals surface area contributed by atoms with E-state index < -0.39 is 12.7 Å². The second-order valence-corrected chi connectivity index (χ2v) is 4.31. The number of halogens is 3. The molecule has 0 aromatic carbocycles. The topological polar surface area (TPSA) is 38.0 Å². The van der Waals surface area contributed by atoms with Crippen LogP contribution in [-0.4, -0.2) is 25.8 Å². The summed E-state index contributed by atoms with van der Waals surface area (Å²) >= 11 is 0. The van der Waals surface area contributed by atoms with E-state index in [1.165, 1.54) is 0 Å². The van der Waals surface area contributed by atoms with E-state index in [9.17, 15) is 13.2 Å². The standard InChI is InChI=1S/C10H21F3N2/c1-8(2)5-9(6-14)3-4-15-7-10(11,12)13/h8-9,15H,3-7,14H2,1-2H3. The minimum Gasteiger partial charge on any atom is -0.330 e. The Kier molecular flexibility index (Phi) is 6.92. The Hall–Kier alpha value is -0.290. The summed E-state index contributed by atoms with van der Waals surface area (Å²) in [7, 11) is 0. The van der Waals surface area contributed by atoms with Gasteiger partial charge in [0.25, 0.3) is 0 Å². The molecule has 1 unspecified atom stereocenters. The van der Waals surface area contributed by atoms with Gasteiger partial charge in [0, 0.05) is 0 Å². The van der Waals surface area contributed by atoms with Crippen molar-refractivity contribution in [2.24, 2.45) is 17.6 Å². The van der Waals surface area contributed by atoms with Crippen LogP contribution in [0.5, 0.6) is 0 Å². The van der Waals surface area contributed by atoms with Crippen molar-refractivity contribution < 1.29 is 13.2 Å². The van der Waals surface area contributed by atoms with Gasteiger partial charge in [-0.05, 0) is 37.8 Å². The highest BCUT2D eigenvalue weighted by Crippen LogP contribution is 2.15. The summed E-state index contributed by atoms with van der Waals surface area (Å²) in [5, 5.41) is 2.38. The van der Waals surface area contributed by atoms with E-state index >= 15 is 0 Å². The van der Waals surface area contributed by atoms with Crippen LogP contribution in [-0.2, 0) is 0 Å². The van der Waals surface area contributed by atoms with Gasteiger partial charge in [0.05, 0.1) is 6.54 Å². The molecule has 0 saturated carbocycles. The number of rotatable bonds is 7. The summed E-state index contributed by atoms with van der Waals surface area (Å²) in [5.74, 6) is 0.867. The molecule has 0 aromatic rings. The molecule has 0 aliphatic carbocycles. The lowest BCUT2D eigenvalue weighted by molar-refractivity contribution is -0.124. The molecule has 92 valence electrons. The Bertz CT molecular complexity index is 157. The van der Waals surface area contributed by atoms with Crippen molar-refractivity contribution in [3.63, 3.8) is 0 Å². The molecular formula is C10H21F3N2. The van der Waals surface area contributed by atoms with Gasteiger partial charge < -0.3 is 11.1 Å². The van der Waals surface area contributed by atoms with Gasteiger partial charge in [-0.1, -0.05) is 13.8 Å². The van der Waals surface area contributed by atoms with Crippen molar-refractivity contribution in [2.45, 2.75) is 32.9 Å². The van der Waals surface area contributed by atoms with E-state index in [0.717, 1.165) is 6.42 Å². The van der Waals surface area contributed by atoms with Gasteiger partial charge in [-0.3, -0.25) is 0 Å². The Morgan fingerprint density at radius 3 is 2.27 bits per heavy atom. The largest absolute Gasteiger partial charge is 0.401 e. The van der Waals surface area contributed by atoms with Crippen LogP contribution in [0.3, 0.4) is 0 Å². The molecule has 0 aliphatic rings. The van der Waals surface area contributed by atoms with Gasteiger partial charge in [-0.25, -0.2) is 0 Å². The highest BCUT2D eigenvalue weighted by molar-refractivity contribution is 4.65. The number of nitrogens with two attached hydrogens (primary N) is 1. The molecule has 15 heavy (non-hydrogen) atoms. The fourth-order valence-electron chi connectivity index (χ4n) is 1.53. The van der Waals surface area contributed by atoms with E-state index in [1.54, 1.807) is 0 Å². The van der Waals surface area contributed by atoms with Gasteiger partial charge >= 0.3 is 6.18 Å². The van der Waals surface area contributed by atoms with Gasteiger partial charge in [0.1, 0.15) is 0 Å². The van der Waals surface area contributed by atoms with Crippen LogP contribution >= 0.6 is 0 Å². The minimum absolute atomic E-state index is 0.325. The van der Waals surface area contributed by atoms with Crippen molar-refractivity contribution in [3.8, 4) is 0 Å². The molecule has 3 N–H and O–H groups in total. The molecule has 0 saturated heterocycles. The summed E-state index contributed by atoms with van der Waals surface area (Å²) in [6.45, 7) is 4.20. The fraction of sp³-hybridized carbons (Fsp3) is 1.00. The van der Waals surface area contributed by atoms with Crippen molar-refractivity contribution >= 4 is 0 Å². The van der Waals surface area contributed by atoms with Crippen LogP contribution in [0.15, 0.2) is 0 Å². The average Bonchev–Trinajstić information content (AvgIpc) is 2.08. The van der Waals surface area contributed by atoms with E-state index in [2.05, 4.69) is 19.2 Å². The first-order valence-electron chi connectivity index (χ1n) is 5.32. The molecule has 0 radical (unpaired) electrons. The third kappa shape index (κ3) is 10.0. The molecule has 1 atom stereocenters. The number of hydrogen-bond acceptors (Lipinski definition) is 2. The number of nitrogens with one attached hydrogen (secondary N) is 1. The van der Waals surface area contributed by atoms with E-state index in [4.69, 9.17) is 5.73 Å². The SMILES string of the molecule is CC(C)CC(CN)CCNCC(F)(F)F. The van der Waals surface area contributed by atoms with E-state index in [1.807, 2.05) is 0 Å². The van der Waals surface area contributed by atoms with Crippen molar-refractivity contribution in [3.05, 3.63) is 0 Å². The van der Waals surface area contributed by atoms with Crippen LogP contribution in [0.1, 0.15) is 26.7 Å². The Balaban J connectivity index is 3.55. The first-order chi connectivity index (χ1) is 6.85. The van der Waals surface area contributed by atoms with Gasteiger partial charge in [-0.15, -0.1) is 0 Å². The molecule has 0 amide bonds. The predicted octanol–water partition coefficient (Wildman–Crippen LogP) is 2.15. The highest BCUT2D eigenvalue weighted by atomic mass is 19.4. The van der Waals surface area contributed by atoms with Gasteiger partial charge in [0.15, 0.2) is 0 Å². The normalized spacial score (nSPS) is 14.6. The molecule has 0 aromatic heterocycles. The third-order valence-electron chi connectivity index (χ3n) is 2.19. The lowest BCUT2D eigenvalue weighted by Gasteiger charge is -2.17. The van der Waals surface area contributed by atoms with Gasteiger partial charge in [-0.2, -0.15) is 13.2 Å². The second kappa shape index (κ2) is 7.06. The van der Waals surface area contributed by atoms with Crippen molar-refractivity contribution in [2.75, 3.05) is 19.6 Å². The lowest BCUT2D eigenvalue weighted by Crippen LogP contribution is -2.31. The molecular weight excluding hydrogens is 205 g/mol. The Labute approximate surface area is 89.4 Å². The fourth-order valence-corrected chi connectivity index (χ4v) is 1.53. The minimum atomic E-state index is -4.11. The van der Waals surface area contributed by atoms with E-state index in [-0.39, 0.29) is 0 Å². The molecule has 0 rings (SSSR count). The van der Waals surface area contributed by atoms with Crippen LogP contribution in [0.4, 0.5) is 13.2 Å². The summed E-state index contributed by atoms with van der Waals surface area (Å²) in [4.78, 5) is 0. The van der Waals surface area contributed by atoms with Crippen LogP contribution < -0.4 is 11.1 Å². The second-order valence-electron chi connectivity index (χ2n) is 4.31. The molecule has 0 fully saturated rings.